The van der Waals surface area contributed by atoms with Crippen LogP contribution in [0.2, 0.25) is 0 Å². The van der Waals surface area contributed by atoms with E-state index in [1.165, 1.54) is 25.7 Å². The van der Waals surface area contributed by atoms with Crippen LogP contribution in [-0.4, -0.2) is 19.1 Å². The topological polar surface area (TPSA) is 68.5 Å². The Balaban J connectivity index is 1.42. The normalized spacial score (nSPS) is 24.5. The van der Waals surface area contributed by atoms with Crippen molar-refractivity contribution in [3.05, 3.63) is 39.7 Å². The van der Waals surface area contributed by atoms with Crippen LogP contribution >= 0.6 is 0 Å². The Morgan fingerprint density at radius 3 is 2.82 bits per heavy atom. The van der Waals surface area contributed by atoms with Crippen molar-refractivity contribution in [2.45, 2.75) is 58.4 Å². The molecule has 2 aliphatic carbocycles. The van der Waals surface area contributed by atoms with Gasteiger partial charge in [-0.2, -0.15) is 0 Å². The molecule has 5 nitrogen and oxygen atoms in total. The second-order valence-corrected chi connectivity index (χ2v) is 8.55. The number of benzene rings is 1. The molecule has 150 valence electrons. The highest BCUT2D eigenvalue weighted by molar-refractivity contribution is 5.82. The van der Waals surface area contributed by atoms with Gasteiger partial charge < -0.3 is 14.5 Å². The van der Waals surface area contributed by atoms with E-state index in [9.17, 15) is 9.59 Å². The molecule has 2 saturated carbocycles. The van der Waals surface area contributed by atoms with E-state index in [2.05, 4.69) is 12.2 Å². The highest BCUT2D eigenvalue weighted by atomic mass is 16.5. The highest BCUT2D eigenvalue weighted by Gasteiger charge is 2.42. The van der Waals surface area contributed by atoms with E-state index in [1.54, 1.807) is 13.2 Å². The summed E-state index contributed by atoms with van der Waals surface area (Å²) >= 11 is 0. The van der Waals surface area contributed by atoms with Crippen LogP contribution in [0.1, 0.15) is 50.2 Å². The molecule has 0 saturated heterocycles. The number of carbonyl (C=O) groups is 1. The lowest BCUT2D eigenvalue weighted by Gasteiger charge is -2.28. The number of nitrogens with one attached hydrogen (secondary N) is 1. The molecule has 4 unspecified atom stereocenters. The second kappa shape index (κ2) is 7.61. The van der Waals surface area contributed by atoms with Crippen LogP contribution in [0, 0.1) is 24.7 Å². The number of methoxy groups -OCH3 is 1. The maximum atomic E-state index is 12.5. The number of ether oxygens (including phenoxy) is 1. The van der Waals surface area contributed by atoms with Gasteiger partial charge in [0.2, 0.25) is 5.91 Å². The maximum absolute atomic E-state index is 12.5. The van der Waals surface area contributed by atoms with Gasteiger partial charge in [0.15, 0.2) is 0 Å². The summed E-state index contributed by atoms with van der Waals surface area (Å²) in [6, 6.07) is 5.68. The molecule has 4 rings (SSSR count). The van der Waals surface area contributed by atoms with E-state index in [-0.39, 0.29) is 17.6 Å². The van der Waals surface area contributed by atoms with Crippen LogP contribution in [-0.2, 0) is 11.2 Å². The van der Waals surface area contributed by atoms with Gasteiger partial charge in [-0.05, 0) is 75.0 Å². The molecule has 2 fully saturated rings. The Morgan fingerprint density at radius 1 is 1.32 bits per heavy atom. The molecule has 4 atom stereocenters. The van der Waals surface area contributed by atoms with E-state index in [0.29, 0.717) is 35.7 Å². The fourth-order valence-electron chi connectivity index (χ4n) is 5.37. The number of carbonyl (C=O) groups excluding carboxylic acids is 1. The third kappa shape index (κ3) is 3.54. The summed E-state index contributed by atoms with van der Waals surface area (Å²) in [6.07, 6.45) is 5.97. The number of fused-ring (bicyclic) bond motifs is 3. The zero-order valence-electron chi connectivity index (χ0n) is 16.9. The number of hydrogen-bond donors (Lipinski definition) is 1. The molecule has 1 aromatic heterocycles. The van der Waals surface area contributed by atoms with Gasteiger partial charge in [0.1, 0.15) is 11.3 Å². The second-order valence-electron chi connectivity index (χ2n) is 8.55. The average molecular weight is 383 g/mol. The van der Waals surface area contributed by atoms with Crippen LogP contribution in [0.25, 0.3) is 11.0 Å². The van der Waals surface area contributed by atoms with E-state index in [0.717, 1.165) is 22.8 Å². The van der Waals surface area contributed by atoms with E-state index >= 15 is 0 Å². The molecule has 0 radical (unpaired) electrons. The van der Waals surface area contributed by atoms with Gasteiger partial charge in [0.05, 0.1) is 7.11 Å². The molecule has 5 heteroatoms. The average Bonchev–Trinajstić information content (AvgIpc) is 3.30. The first kappa shape index (κ1) is 19.0. The molecular formula is C23H29NO4. The molecule has 0 aliphatic heterocycles. The molecule has 1 aromatic carbocycles. The monoisotopic (exact) mass is 383 g/mol. The highest BCUT2D eigenvalue weighted by Crippen LogP contribution is 2.49. The summed E-state index contributed by atoms with van der Waals surface area (Å²) in [5, 5.41) is 4.06. The lowest BCUT2D eigenvalue weighted by Crippen LogP contribution is -2.40. The molecule has 0 spiro atoms. The smallest absolute Gasteiger partial charge is 0.339 e. The predicted molar refractivity (Wildman–Crippen MR) is 109 cm³/mol. The van der Waals surface area contributed by atoms with Crippen molar-refractivity contribution in [3.63, 3.8) is 0 Å². The fourth-order valence-corrected chi connectivity index (χ4v) is 5.37. The number of hydrogen-bond acceptors (Lipinski definition) is 4. The first-order chi connectivity index (χ1) is 13.5. The largest absolute Gasteiger partial charge is 0.497 e. The van der Waals surface area contributed by atoms with Crippen LogP contribution < -0.4 is 15.7 Å². The Kier molecular flexibility index (Phi) is 5.17. The van der Waals surface area contributed by atoms with Crippen molar-refractivity contribution >= 4 is 16.9 Å². The Morgan fingerprint density at radius 2 is 2.14 bits per heavy atom. The van der Waals surface area contributed by atoms with Gasteiger partial charge in [-0.3, -0.25) is 4.79 Å². The van der Waals surface area contributed by atoms with Gasteiger partial charge in [0.25, 0.3) is 0 Å². The number of rotatable bonds is 6. The lowest BCUT2D eigenvalue weighted by molar-refractivity contribution is -0.122. The van der Waals surface area contributed by atoms with Crippen molar-refractivity contribution in [2.24, 2.45) is 17.8 Å². The first-order valence-corrected chi connectivity index (χ1v) is 10.4. The summed E-state index contributed by atoms with van der Waals surface area (Å²) in [5.41, 5.74) is 1.61. The molecule has 1 heterocycles. The summed E-state index contributed by atoms with van der Waals surface area (Å²) in [4.78, 5) is 24.9. The van der Waals surface area contributed by atoms with Crippen LogP contribution in [0.15, 0.2) is 27.4 Å². The van der Waals surface area contributed by atoms with Gasteiger partial charge in [-0.1, -0.05) is 6.42 Å². The predicted octanol–water partition coefficient (Wildman–Crippen LogP) is 3.98. The molecule has 2 aromatic rings. The zero-order valence-corrected chi connectivity index (χ0v) is 16.9. The maximum Gasteiger partial charge on any atom is 0.339 e. The molecule has 1 N–H and O–H groups in total. The number of aryl methyl sites for hydroxylation is 1. The van der Waals surface area contributed by atoms with E-state index in [4.69, 9.17) is 9.15 Å². The Labute approximate surface area is 165 Å². The third-order valence-electron chi connectivity index (χ3n) is 6.92. The third-order valence-corrected chi connectivity index (χ3v) is 6.92. The molecule has 2 bridgehead atoms. The standard InChI is InChI=1S/C23H29NO4/c1-13-18-7-6-17(27-3)12-21(18)28-23(26)19(13)8-9-22(25)24-14(2)20-11-15-4-5-16(20)10-15/h6-7,12,14-16,20H,4-5,8-11H2,1-3H3,(H,24,25). The number of amides is 1. The van der Waals surface area contributed by atoms with Gasteiger partial charge in [0, 0.05) is 29.5 Å². The van der Waals surface area contributed by atoms with Crippen molar-refractivity contribution in [3.8, 4) is 5.75 Å². The van der Waals surface area contributed by atoms with Crippen molar-refractivity contribution in [1.82, 2.24) is 5.32 Å². The van der Waals surface area contributed by atoms with E-state index < -0.39 is 0 Å². The Bertz CT molecular complexity index is 948. The van der Waals surface area contributed by atoms with Crippen LogP contribution in [0.4, 0.5) is 0 Å². The molecule has 2 aliphatic rings. The molecule has 1 amide bonds. The quantitative estimate of drug-likeness (QED) is 0.766. The summed E-state index contributed by atoms with van der Waals surface area (Å²) < 4.78 is 10.7. The SMILES string of the molecule is COc1ccc2c(C)c(CCC(=O)NC(C)C3CC4CCC3C4)c(=O)oc2c1. The summed E-state index contributed by atoms with van der Waals surface area (Å²) in [5.74, 6) is 2.94. The molecule has 28 heavy (non-hydrogen) atoms. The lowest BCUT2D eigenvalue weighted by atomic mass is 9.84. The summed E-state index contributed by atoms with van der Waals surface area (Å²) in [6.45, 7) is 4.04. The van der Waals surface area contributed by atoms with Crippen molar-refractivity contribution in [1.29, 1.82) is 0 Å². The van der Waals surface area contributed by atoms with Crippen molar-refractivity contribution < 1.29 is 13.9 Å². The summed E-state index contributed by atoms with van der Waals surface area (Å²) in [7, 11) is 1.58. The minimum absolute atomic E-state index is 0.0175. The van der Waals surface area contributed by atoms with E-state index in [1.807, 2.05) is 19.1 Å². The van der Waals surface area contributed by atoms with Crippen molar-refractivity contribution in [2.75, 3.05) is 7.11 Å². The minimum atomic E-state index is -0.368. The first-order valence-electron chi connectivity index (χ1n) is 10.4. The molecular weight excluding hydrogens is 354 g/mol. The zero-order chi connectivity index (χ0) is 19.8. The van der Waals surface area contributed by atoms with Crippen LogP contribution in [0.5, 0.6) is 5.75 Å². The minimum Gasteiger partial charge on any atom is -0.497 e. The van der Waals surface area contributed by atoms with Gasteiger partial charge in [-0.15, -0.1) is 0 Å². The van der Waals surface area contributed by atoms with Gasteiger partial charge in [-0.25, -0.2) is 4.79 Å². The van der Waals surface area contributed by atoms with Crippen LogP contribution in [0.3, 0.4) is 0 Å². The fraction of sp³-hybridized carbons (Fsp3) is 0.565. The Hall–Kier alpha value is -2.30. The van der Waals surface area contributed by atoms with Gasteiger partial charge >= 0.3 is 5.63 Å².